The van der Waals surface area contributed by atoms with Gasteiger partial charge in [0.05, 0.1) is 0 Å². The average molecular weight is 417 g/mol. The second kappa shape index (κ2) is 9.52. The molecule has 0 aliphatic carbocycles. The van der Waals surface area contributed by atoms with E-state index in [0.29, 0.717) is 33.4 Å². The van der Waals surface area contributed by atoms with E-state index in [9.17, 15) is 4.79 Å². The molecular formula is C20H21ClN4O2S. The number of carbonyl (C=O) groups excluding carboxylic acids is 1. The summed E-state index contributed by atoms with van der Waals surface area (Å²) >= 11 is 7.11. The molecule has 0 saturated carbocycles. The highest BCUT2D eigenvalue weighted by Gasteiger charge is 2.12. The van der Waals surface area contributed by atoms with E-state index in [0.717, 1.165) is 12.2 Å². The van der Waals surface area contributed by atoms with Gasteiger partial charge in [-0.05, 0) is 48.2 Å². The maximum atomic E-state index is 12.1. The van der Waals surface area contributed by atoms with Gasteiger partial charge in [0, 0.05) is 10.7 Å². The molecule has 0 fully saturated rings. The third-order valence-corrected chi connectivity index (χ3v) is 5.27. The number of hydrogen-bond donors (Lipinski definition) is 2. The quantitative estimate of drug-likeness (QED) is 0.500. The summed E-state index contributed by atoms with van der Waals surface area (Å²) in [6, 6.07) is 14.5. The van der Waals surface area contributed by atoms with E-state index in [2.05, 4.69) is 40.7 Å². The highest BCUT2D eigenvalue weighted by molar-refractivity contribution is 7.15. The molecule has 1 heterocycles. The number of amides is 2. The lowest BCUT2D eigenvalue weighted by atomic mass is 9.98. The maximum Gasteiger partial charge on any atom is 0.325 e. The highest BCUT2D eigenvalue weighted by Crippen LogP contribution is 2.29. The predicted octanol–water partition coefficient (Wildman–Crippen LogP) is 5.93. The summed E-state index contributed by atoms with van der Waals surface area (Å²) < 4.78 is 5.94. The SMILES string of the molecule is CC[C@@H](C)c1ccccc1OCc1nnc(NC(=O)Nc2ccc(Cl)cc2)s1. The number of urea groups is 1. The van der Waals surface area contributed by atoms with Crippen molar-refractivity contribution >= 4 is 39.8 Å². The Morgan fingerprint density at radius 1 is 1.14 bits per heavy atom. The fourth-order valence-electron chi connectivity index (χ4n) is 2.53. The van der Waals surface area contributed by atoms with Crippen LogP contribution < -0.4 is 15.4 Å². The van der Waals surface area contributed by atoms with Crippen molar-refractivity contribution in [3.8, 4) is 5.75 Å². The Morgan fingerprint density at radius 2 is 1.89 bits per heavy atom. The number of aromatic nitrogens is 2. The first-order valence-corrected chi connectivity index (χ1v) is 10.1. The van der Waals surface area contributed by atoms with E-state index in [1.165, 1.54) is 16.9 Å². The standard InChI is InChI=1S/C20H21ClN4O2S/c1-3-13(2)16-6-4-5-7-17(16)27-12-18-24-25-20(28-18)23-19(26)22-15-10-8-14(21)9-11-15/h4-11,13H,3,12H2,1-2H3,(H2,22,23,25,26)/t13-/m1/s1. The number of benzene rings is 2. The van der Waals surface area contributed by atoms with Crippen molar-refractivity contribution < 1.29 is 9.53 Å². The van der Waals surface area contributed by atoms with Gasteiger partial charge in [-0.2, -0.15) is 0 Å². The van der Waals surface area contributed by atoms with Crippen molar-refractivity contribution in [2.75, 3.05) is 10.6 Å². The molecule has 0 aliphatic rings. The Labute approximate surface area is 172 Å². The molecule has 0 radical (unpaired) electrons. The van der Waals surface area contributed by atoms with Crippen LogP contribution in [0.15, 0.2) is 48.5 Å². The fraction of sp³-hybridized carbons (Fsp3) is 0.250. The first-order valence-electron chi connectivity index (χ1n) is 8.93. The first kappa shape index (κ1) is 20.1. The second-order valence-corrected chi connectivity index (χ2v) is 7.72. The maximum absolute atomic E-state index is 12.1. The van der Waals surface area contributed by atoms with Gasteiger partial charge in [0.2, 0.25) is 5.13 Å². The van der Waals surface area contributed by atoms with Crippen molar-refractivity contribution in [2.24, 2.45) is 0 Å². The third kappa shape index (κ3) is 5.43. The van der Waals surface area contributed by atoms with E-state index in [-0.39, 0.29) is 0 Å². The van der Waals surface area contributed by atoms with Gasteiger partial charge in [-0.1, -0.05) is 55.0 Å². The van der Waals surface area contributed by atoms with Gasteiger partial charge < -0.3 is 10.1 Å². The van der Waals surface area contributed by atoms with Crippen LogP contribution in [0.5, 0.6) is 5.75 Å². The van der Waals surface area contributed by atoms with Gasteiger partial charge >= 0.3 is 6.03 Å². The molecule has 2 amide bonds. The zero-order valence-electron chi connectivity index (χ0n) is 15.6. The lowest BCUT2D eigenvalue weighted by Crippen LogP contribution is -2.19. The second-order valence-electron chi connectivity index (χ2n) is 6.22. The predicted molar refractivity (Wildman–Crippen MR) is 113 cm³/mol. The van der Waals surface area contributed by atoms with Crippen molar-refractivity contribution in [2.45, 2.75) is 32.8 Å². The highest BCUT2D eigenvalue weighted by atomic mass is 35.5. The summed E-state index contributed by atoms with van der Waals surface area (Å²) in [4.78, 5) is 12.1. The van der Waals surface area contributed by atoms with E-state index >= 15 is 0 Å². The zero-order chi connectivity index (χ0) is 19.9. The number of rotatable bonds is 7. The van der Waals surface area contributed by atoms with E-state index in [1.54, 1.807) is 24.3 Å². The average Bonchev–Trinajstić information content (AvgIpc) is 3.15. The Bertz CT molecular complexity index is 930. The number of para-hydroxylation sites is 1. The molecule has 8 heteroatoms. The first-order chi connectivity index (χ1) is 13.5. The Balaban J connectivity index is 1.56. The number of ether oxygens (including phenoxy) is 1. The molecule has 1 aromatic heterocycles. The molecule has 0 spiro atoms. The van der Waals surface area contributed by atoms with Gasteiger partial charge in [0.1, 0.15) is 12.4 Å². The molecule has 2 N–H and O–H groups in total. The van der Waals surface area contributed by atoms with Crippen molar-refractivity contribution in [3.05, 3.63) is 64.1 Å². The van der Waals surface area contributed by atoms with Crippen LogP contribution in [0.4, 0.5) is 15.6 Å². The summed E-state index contributed by atoms with van der Waals surface area (Å²) in [5.41, 5.74) is 1.81. The minimum absolute atomic E-state index is 0.297. The van der Waals surface area contributed by atoms with Crippen LogP contribution >= 0.6 is 22.9 Å². The van der Waals surface area contributed by atoms with Gasteiger partial charge in [-0.15, -0.1) is 10.2 Å². The van der Waals surface area contributed by atoms with Crippen LogP contribution in [0.3, 0.4) is 0 Å². The van der Waals surface area contributed by atoms with Crippen LogP contribution in [0.2, 0.25) is 5.02 Å². The van der Waals surface area contributed by atoms with Gasteiger partial charge in [-0.25, -0.2) is 4.79 Å². The minimum Gasteiger partial charge on any atom is -0.486 e. The Morgan fingerprint density at radius 3 is 2.64 bits per heavy atom. The lowest BCUT2D eigenvalue weighted by molar-refractivity contribution is 0.262. The molecule has 3 aromatic rings. The molecule has 146 valence electrons. The van der Waals surface area contributed by atoms with Gasteiger partial charge in [0.25, 0.3) is 0 Å². The molecule has 0 unspecified atom stereocenters. The smallest absolute Gasteiger partial charge is 0.325 e. The third-order valence-electron chi connectivity index (χ3n) is 4.20. The topological polar surface area (TPSA) is 76.1 Å². The van der Waals surface area contributed by atoms with Crippen LogP contribution in [0, 0.1) is 0 Å². The van der Waals surface area contributed by atoms with E-state index in [1.807, 2.05) is 18.2 Å². The summed E-state index contributed by atoms with van der Waals surface area (Å²) in [6.45, 7) is 4.62. The molecule has 3 rings (SSSR count). The van der Waals surface area contributed by atoms with E-state index < -0.39 is 6.03 Å². The summed E-state index contributed by atoms with van der Waals surface area (Å²) in [5, 5.41) is 15.1. The largest absolute Gasteiger partial charge is 0.486 e. The molecule has 0 bridgehead atoms. The number of carbonyl (C=O) groups is 1. The molecule has 0 aliphatic heterocycles. The van der Waals surface area contributed by atoms with Crippen molar-refractivity contribution in [3.63, 3.8) is 0 Å². The lowest BCUT2D eigenvalue weighted by Gasteiger charge is -2.14. The van der Waals surface area contributed by atoms with Crippen LogP contribution in [-0.2, 0) is 6.61 Å². The number of anilines is 2. The van der Waals surface area contributed by atoms with Crippen molar-refractivity contribution in [1.82, 2.24) is 10.2 Å². The Kier molecular flexibility index (Phi) is 6.84. The summed E-state index contributed by atoms with van der Waals surface area (Å²) in [6.07, 6.45) is 1.04. The molecular weight excluding hydrogens is 396 g/mol. The van der Waals surface area contributed by atoms with Crippen LogP contribution in [0.25, 0.3) is 0 Å². The summed E-state index contributed by atoms with van der Waals surface area (Å²) in [7, 11) is 0. The molecule has 2 aromatic carbocycles. The van der Waals surface area contributed by atoms with Gasteiger partial charge in [0.15, 0.2) is 5.01 Å². The van der Waals surface area contributed by atoms with Crippen LogP contribution in [0.1, 0.15) is 36.8 Å². The normalized spacial score (nSPS) is 11.7. The number of halogens is 1. The molecule has 6 nitrogen and oxygen atoms in total. The van der Waals surface area contributed by atoms with Crippen molar-refractivity contribution in [1.29, 1.82) is 0 Å². The zero-order valence-corrected chi connectivity index (χ0v) is 17.2. The molecule has 28 heavy (non-hydrogen) atoms. The van der Waals surface area contributed by atoms with Gasteiger partial charge in [-0.3, -0.25) is 5.32 Å². The number of nitrogens with zero attached hydrogens (tertiary/aromatic N) is 2. The Hall–Kier alpha value is -2.64. The monoisotopic (exact) mass is 416 g/mol. The van der Waals surface area contributed by atoms with E-state index in [4.69, 9.17) is 16.3 Å². The summed E-state index contributed by atoms with van der Waals surface area (Å²) in [5.74, 6) is 1.27. The molecule has 0 saturated heterocycles. The number of hydrogen-bond acceptors (Lipinski definition) is 5. The minimum atomic E-state index is -0.395. The van der Waals surface area contributed by atoms with Crippen LogP contribution in [-0.4, -0.2) is 16.2 Å². The fourth-order valence-corrected chi connectivity index (χ4v) is 3.31. The molecule has 1 atom stereocenters. The number of nitrogens with one attached hydrogen (secondary N) is 2.